The van der Waals surface area contributed by atoms with E-state index in [-0.39, 0.29) is 12.1 Å². The summed E-state index contributed by atoms with van der Waals surface area (Å²) in [6, 6.07) is 14.4. The van der Waals surface area contributed by atoms with E-state index >= 15 is 0 Å². The van der Waals surface area contributed by atoms with Crippen LogP contribution >= 0.6 is 0 Å². The van der Waals surface area contributed by atoms with Crippen molar-refractivity contribution < 1.29 is 14.3 Å². The lowest BCUT2D eigenvalue weighted by atomic mass is 9.94. The van der Waals surface area contributed by atoms with Gasteiger partial charge >= 0.3 is 0 Å². The molecule has 29 heavy (non-hydrogen) atoms. The van der Waals surface area contributed by atoms with E-state index in [2.05, 4.69) is 22.3 Å². The summed E-state index contributed by atoms with van der Waals surface area (Å²) >= 11 is 0. The van der Waals surface area contributed by atoms with E-state index in [9.17, 15) is 4.79 Å². The van der Waals surface area contributed by atoms with Crippen LogP contribution in [0.4, 0.5) is 0 Å². The zero-order chi connectivity index (χ0) is 20.2. The molecule has 1 aliphatic carbocycles. The number of methoxy groups -OCH3 is 2. The van der Waals surface area contributed by atoms with Gasteiger partial charge in [0.1, 0.15) is 6.17 Å². The fourth-order valence-corrected chi connectivity index (χ4v) is 4.67. The molecule has 2 aromatic carbocycles. The Morgan fingerprint density at radius 1 is 1.00 bits per heavy atom. The highest BCUT2D eigenvalue weighted by Gasteiger charge is 2.40. The largest absolute Gasteiger partial charge is 0.493 e. The van der Waals surface area contributed by atoms with E-state index in [1.807, 2.05) is 30.3 Å². The van der Waals surface area contributed by atoms with Crippen LogP contribution in [0.15, 0.2) is 42.5 Å². The summed E-state index contributed by atoms with van der Waals surface area (Å²) in [6.07, 6.45) is 6.73. The van der Waals surface area contributed by atoms with Crippen LogP contribution < -0.4 is 14.8 Å². The summed E-state index contributed by atoms with van der Waals surface area (Å²) in [5.74, 6) is 1.66. The maximum Gasteiger partial charge on any atom is 0.256 e. The summed E-state index contributed by atoms with van der Waals surface area (Å²) in [4.78, 5) is 15.3. The molecular weight excluding hydrogens is 364 g/mol. The first-order chi connectivity index (χ1) is 14.2. The van der Waals surface area contributed by atoms with Crippen LogP contribution in [0.2, 0.25) is 0 Å². The Hall–Kier alpha value is -2.53. The fraction of sp³-hybridized carbons (Fsp3) is 0.458. The predicted molar refractivity (Wildman–Crippen MR) is 113 cm³/mol. The number of rotatable bonds is 7. The molecule has 5 heteroatoms. The van der Waals surface area contributed by atoms with Crippen LogP contribution in [0.25, 0.3) is 0 Å². The zero-order valence-electron chi connectivity index (χ0n) is 17.3. The fourth-order valence-electron chi connectivity index (χ4n) is 4.67. The van der Waals surface area contributed by atoms with Crippen molar-refractivity contribution in [3.05, 3.63) is 59.2 Å². The van der Waals surface area contributed by atoms with Gasteiger partial charge < -0.3 is 14.4 Å². The Balaban J connectivity index is 1.49. The molecule has 1 amide bonds. The average molecular weight is 395 g/mol. The number of amides is 1. The number of carbonyl (C=O) groups is 1. The molecule has 0 unspecified atom stereocenters. The molecule has 2 aromatic rings. The number of nitrogens with zero attached hydrogens (tertiary/aromatic N) is 1. The van der Waals surface area contributed by atoms with Gasteiger partial charge in [0.15, 0.2) is 11.5 Å². The Labute approximate surface area is 173 Å². The summed E-state index contributed by atoms with van der Waals surface area (Å²) in [5.41, 5.74) is 3.13. The van der Waals surface area contributed by atoms with Gasteiger partial charge in [-0.3, -0.25) is 10.1 Å². The topological polar surface area (TPSA) is 50.8 Å². The third-order valence-corrected chi connectivity index (χ3v) is 6.17. The predicted octanol–water partition coefficient (Wildman–Crippen LogP) is 4.32. The number of nitrogens with one attached hydrogen (secondary N) is 1. The summed E-state index contributed by atoms with van der Waals surface area (Å²) in [5, 5.41) is 3.66. The van der Waals surface area contributed by atoms with Crippen molar-refractivity contribution in [2.45, 2.75) is 50.7 Å². The second kappa shape index (κ2) is 8.87. The Morgan fingerprint density at radius 3 is 2.52 bits per heavy atom. The van der Waals surface area contributed by atoms with E-state index in [4.69, 9.17) is 9.47 Å². The molecule has 5 nitrogen and oxygen atoms in total. The summed E-state index contributed by atoms with van der Waals surface area (Å²) in [7, 11) is 3.30. The van der Waals surface area contributed by atoms with Crippen molar-refractivity contribution in [1.29, 1.82) is 0 Å². The lowest BCUT2D eigenvalue weighted by molar-refractivity contribution is 0.0524. The van der Waals surface area contributed by atoms with E-state index in [1.54, 1.807) is 14.2 Å². The molecule has 1 saturated carbocycles. The molecule has 1 aliphatic heterocycles. The smallest absolute Gasteiger partial charge is 0.256 e. The quantitative estimate of drug-likeness (QED) is 0.760. The second-order valence-electron chi connectivity index (χ2n) is 7.89. The van der Waals surface area contributed by atoms with Crippen LogP contribution in [-0.4, -0.2) is 37.6 Å². The van der Waals surface area contributed by atoms with Crippen LogP contribution in [0, 0.1) is 0 Å². The van der Waals surface area contributed by atoms with Gasteiger partial charge in [-0.15, -0.1) is 0 Å². The monoisotopic (exact) mass is 394 g/mol. The second-order valence-corrected chi connectivity index (χ2v) is 7.89. The van der Waals surface area contributed by atoms with Crippen LogP contribution in [-0.2, 0) is 6.42 Å². The average Bonchev–Trinajstić information content (AvgIpc) is 3.06. The maximum atomic E-state index is 13.1. The molecule has 1 atom stereocenters. The number of ether oxygens (including phenoxy) is 2. The zero-order valence-corrected chi connectivity index (χ0v) is 17.3. The normalized spacial score (nSPS) is 19.3. The third-order valence-electron chi connectivity index (χ3n) is 6.17. The lowest BCUT2D eigenvalue weighted by Gasteiger charge is -2.36. The van der Waals surface area contributed by atoms with Crippen molar-refractivity contribution in [1.82, 2.24) is 10.2 Å². The lowest BCUT2D eigenvalue weighted by Crippen LogP contribution is -2.44. The van der Waals surface area contributed by atoms with Crippen molar-refractivity contribution in [3.8, 4) is 11.5 Å². The van der Waals surface area contributed by atoms with E-state index in [0.29, 0.717) is 6.04 Å². The van der Waals surface area contributed by atoms with E-state index in [1.165, 1.54) is 24.8 Å². The Kier molecular flexibility index (Phi) is 6.05. The number of fused-ring (bicyclic) bond motifs is 1. The molecule has 4 rings (SSSR count). The van der Waals surface area contributed by atoms with Crippen LogP contribution in [0.5, 0.6) is 11.5 Å². The highest BCUT2D eigenvalue weighted by molar-refractivity contribution is 5.99. The molecule has 0 bridgehead atoms. The molecule has 0 saturated heterocycles. The van der Waals surface area contributed by atoms with Gasteiger partial charge in [0.05, 0.1) is 14.2 Å². The summed E-state index contributed by atoms with van der Waals surface area (Å²) in [6.45, 7) is 0.783. The molecule has 1 heterocycles. The molecule has 1 N–H and O–H groups in total. The van der Waals surface area contributed by atoms with Gasteiger partial charge in [-0.25, -0.2) is 0 Å². The van der Waals surface area contributed by atoms with Gasteiger partial charge in [-0.2, -0.15) is 0 Å². The molecule has 0 radical (unpaired) electrons. The Morgan fingerprint density at radius 2 is 1.76 bits per heavy atom. The molecule has 154 valence electrons. The number of hydrogen-bond acceptors (Lipinski definition) is 4. The highest BCUT2D eigenvalue weighted by Crippen LogP contribution is 2.37. The number of carbonyl (C=O) groups excluding carboxylic acids is 1. The first kappa shape index (κ1) is 19.8. The van der Waals surface area contributed by atoms with Crippen molar-refractivity contribution in [2.75, 3.05) is 20.8 Å². The van der Waals surface area contributed by atoms with Gasteiger partial charge in [-0.1, -0.05) is 43.5 Å². The minimum Gasteiger partial charge on any atom is -0.493 e. The van der Waals surface area contributed by atoms with E-state index < -0.39 is 0 Å². The number of hydrogen-bond donors (Lipinski definition) is 1. The highest BCUT2D eigenvalue weighted by atomic mass is 16.5. The van der Waals surface area contributed by atoms with Crippen LogP contribution in [0.3, 0.4) is 0 Å². The van der Waals surface area contributed by atoms with Gasteiger partial charge in [0, 0.05) is 23.7 Å². The molecule has 1 fully saturated rings. The molecule has 0 spiro atoms. The third kappa shape index (κ3) is 3.97. The minimum absolute atomic E-state index is 0.0399. The number of benzene rings is 2. The molecular formula is C24H30N2O3. The van der Waals surface area contributed by atoms with Crippen molar-refractivity contribution in [2.24, 2.45) is 0 Å². The van der Waals surface area contributed by atoms with E-state index in [0.717, 1.165) is 48.4 Å². The van der Waals surface area contributed by atoms with Crippen molar-refractivity contribution in [3.63, 3.8) is 0 Å². The van der Waals surface area contributed by atoms with Gasteiger partial charge in [0.25, 0.3) is 5.91 Å². The minimum atomic E-state index is -0.0399. The van der Waals surface area contributed by atoms with Crippen LogP contribution in [0.1, 0.15) is 59.8 Å². The Bertz CT molecular complexity index is 861. The first-order valence-corrected chi connectivity index (χ1v) is 10.6. The standard InChI is InChI=1S/C24H30N2O3/c1-28-21-13-12-17(16-22(21)29-2)14-15-25-23-19-10-6-7-11-20(19)24(27)26(23)18-8-4-3-5-9-18/h6-7,10-13,16,18,23,25H,3-5,8-9,14-15H2,1-2H3/t23-/m1/s1. The first-order valence-electron chi connectivity index (χ1n) is 10.6. The van der Waals surface area contributed by atoms with Gasteiger partial charge in [-0.05, 0) is 43.0 Å². The van der Waals surface area contributed by atoms with Crippen molar-refractivity contribution >= 4 is 5.91 Å². The maximum absolute atomic E-state index is 13.1. The van der Waals surface area contributed by atoms with Gasteiger partial charge in [0.2, 0.25) is 0 Å². The molecule has 2 aliphatic rings. The SMILES string of the molecule is COc1ccc(CCN[C@H]2c3ccccc3C(=O)N2C2CCCCC2)cc1OC. The molecule has 0 aromatic heterocycles. The summed E-state index contributed by atoms with van der Waals surface area (Å²) < 4.78 is 10.7.